The van der Waals surface area contributed by atoms with E-state index in [-0.39, 0.29) is 18.6 Å². The maximum atomic E-state index is 12.1. The van der Waals surface area contributed by atoms with Crippen molar-refractivity contribution in [3.05, 3.63) is 29.8 Å². The molecule has 1 aliphatic heterocycles. The van der Waals surface area contributed by atoms with Crippen LogP contribution in [0, 0.1) is 0 Å². The number of likely N-dealkylation sites (tertiary alicyclic amines) is 1. The molecule has 0 saturated carbocycles. The van der Waals surface area contributed by atoms with Gasteiger partial charge in [-0.1, -0.05) is 32.0 Å². The van der Waals surface area contributed by atoms with Crippen molar-refractivity contribution < 1.29 is 9.53 Å². The predicted molar refractivity (Wildman–Crippen MR) is 79.8 cm³/mol. The Bertz CT molecular complexity index is 462. The minimum Gasteiger partial charge on any atom is -0.483 e. The smallest absolute Gasteiger partial charge is 0.260 e. The van der Waals surface area contributed by atoms with Gasteiger partial charge in [-0.15, -0.1) is 0 Å². The van der Waals surface area contributed by atoms with Crippen LogP contribution in [0.1, 0.15) is 38.2 Å². The van der Waals surface area contributed by atoms with Gasteiger partial charge in [0.15, 0.2) is 6.61 Å². The van der Waals surface area contributed by atoms with Crippen LogP contribution in [0.15, 0.2) is 24.3 Å². The van der Waals surface area contributed by atoms with Crippen molar-refractivity contribution in [3.8, 4) is 5.75 Å². The molecule has 0 radical (unpaired) electrons. The molecule has 1 aromatic carbocycles. The third kappa shape index (κ3) is 3.51. The number of nitrogens with zero attached hydrogens (tertiary/aromatic N) is 1. The molecule has 1 aromatic rings. The number of amides is 1. The van der Waals surface area contributed by atoms with E-state index in [0.717, 1.165) is 25.1 Å². The number of hydrogen-bond donors (Lipinski definition) is 1. The topological polar surface area (TPSA) is 55.6 Å². The predicted octanol–water partition coefficient (Wildman–Crippen LogP) is 2.14. The molecular formula is C16H24N2O2. The molecule has 20 heavy (non-hydrogen) atoms. The zero-order valence-electron chi connectivity index (χ0n) is 12.3. The number of para-hydroxylation sites is 1. The highest BCUT2D eigenvalue weighted by Gasteiger charge is 2.24. The van der Waals surface area contributed by atoms with E-state index in [2.05, 4.69) is 19.9 Å². The van der Waals surface area contributed by atoms with Gasteiger partial charge < -0.3 is 15.4 Å². The summed E-state index contributed by atoms with van der Waals surface area (Å²) in [5.74, 6) is 1.28. The van der Waals surface area contributed by atoms with Gasteiger partial charge in [0.2, 0.25) is 0 Å². The molecule has 110 valence electrons. The minimum atomic E-state index is 0.0249. The molecule has 2 atom stereocenters. The quantitative estimate of drug-likeness (QED) is 0.896. The van der Waals surface area contributed by atoms with Gasteiger partial charge in [0.1, 0.15) is 5.75 Å². The number of carbonyl (C=O) groups excluding carboxylic acids is 1. The third-order valence-corrected chi connectivity index (χ3v) is 3.99. The number of nitrogens with two attached hydrogens (primary N) is 1. The summed E-state index contributed by atoms with van der Waals surface area (Å²) < 4.78 is 5.74. The molecular weight excluding hydrogens is 252 g/mol. The number of rotatable bonds is 5. The summed E-state index contributed by atoms with van der Waals surface area (Å²) in [6.45, 7) is 5.81. The van der Waals surface area contributed by atoms with Gasteiger partial charge in [0, 0.05) is 19.1 Å². The Hall–Kier alpha value is -1.55. The van der Waals surface area contributed by atoms with Crippen molar-refractivity contribution in [1.29, 1.82) is 0 Å². The van der Waals surface area contributed by atoms with Crippen LogP contribution in [-0.2, 0) is 4.79 Å². The number of benzene rings is 1. The van der Waals surface area contributed by atoms with Crippen LogP contribution in [-0.4, -0.2) is 36.5 Å². The van der Waals surface area contributed by atoms with Crippen molar-refractivity contribution >= 4 is 5.91 Å². The minimum absolute atomic E-state index is 0.0249. The second-order valence-corrected chi connectivity index (χ2v) is 5.52. The van der Waals surface area contributed by atoms with E-state index in [1.807, 2.05) is 18.2 Å². The Kier molecular flexibility index (Phi) is 5.01. The summed E-state index contributed by atoms with van der Waals surface area (Å²) in [7, 11) is 0. The van der Waals surface area contributed by atoms with Crippen molar-refractivity contribution in [2.24, 2.45) is 5.73 Å². The lowest BCUT2D eigenvalue weighted by Gasteiger charge is -2.18. The monoisotopic (exact) mass is 276 g/mol. The van der Waals surface area contributed by atoms with Crippen LogP contribution in [0.5, 0.6) is 5.75 Å². The first kappa shape index (κ1) is 14.9. The summed E-state index contributed by atoms with van der Waals surface area (Å²) >= 11 is 0. The van der Waals surface area contributed by atoms with Crippen LogP contribution < -0.4 is 10.5 Å². The Morgan fingerprint density at radius 3 is 2.90 bits per heavy atom. The maximum absolute atomic E-state index is 12.1. The van der Waals surface area contributed by atoms with E-state index in [9.17, 15) is 4.79 Å². The number of hydrogen-bond acceptors (Lipinski definition) is 3. The standard InChI is InChI=1S/C16H24N2O2/c1-3-12(2)14-6-4-5-7-15(14)20-11-16(19)18-9-8-13(17)10-18/h4-7,12-13H,3,8-11,17H2,1-2H3. The molecule has 1 fully saturated rings. The SMILES string of the molecule is CCC(C)c1ccccc1OCC(=O)N1CCC(N)C1. The summed E-state index contributed by atoms with van der Waals surface area (Å²) in [5, 5.41) is 0. The molecule has 1 heterocycles. The Morgan fingerprint density at radius 1 is 1.50 bits per heavy atom. The lowest BCUT2D eigenvalue weighted by Crippen LogP contribution is -2.35. The summed E-state index contributed by atoms with van der Waals surface area (Å²) in [6, 6.07) is 8.07. The molecule has 4 heteroatoms. The van der Waals surface area contributed by atoms with Gasteiger partial charge in [-0.2, -0.15) is 0 Å². The van der Waals surface area contributed by atoms with Crippen molar-refractivity contribution in [1.82, 2.24) is 4.90 Å². The summed E-state index contributed by atoms with van der Waals surface area (Å²) in [6.07, 6.45) is 1.94. The summed E-state index contributed by atoms with van der Waals surface area (Å²) in [4.78, 5) is 13.8. The fourth-order valence-corrected chi connectivity index (χ4v) is 2.48. The number of ether oxygens (including phenoxy) is 1. The molecule has 1 aliphatic rings. The molecule has 1 saturated heterocycles. The van der Waals surface area contributed by atoms with E-state index in [1.165, 1.54) is 5.56 Å². The Balaban J connectivity index is 1.95. The lowest BCUT2D eigenvalue weighted by molar-refractivity contribution is -0.132. The van der Waals surface area contributed by atoms with Gasteiger partial charge in [-0.3, -0.25) is 4.79 Å². The first-order valence-electron chi connectivity index (χ1n) is 7.37. The van der Waals surface area contributed by atoms with Crippen molar-refractivity contribution in [3.63, 3.8) is 0 Å². The van der Waals surface area contributed by atoms with Crippen molar-refractivity contribution in [2.75, 3.05) is 19.7 Å². The van der Waals surface area contributed by atoms with Gasteiger partial charge in [0.25, 0.3) is 5.91 Å². The van der Waals surface area contributed by atoms with Gasteiger partial charge >= 0.3 is 0 Å². The largest absolute Gasteiger partial charge is 0.483 e. The fourth-order valence-electron chi connectivity index (χ4n) is 2.48. The van der Waals surface area contributed by atoms with E-state index in [1.54, 1.807) is 4.90 Å². The summed E-state index contributed by atoms with van der Waals surface area (Å²) in [5.41, 5.74) is 6.98. The highest BCUT2D eigenvalue weighted by molar-refractivity contribution is 5.78. The molecule has 0 aliphatic carbocycles. The zero-order chi connectivity index (χ0) is 14.5. The molecule has 0 aromatic heterocycles. The van der Waals surface area contributed by atoms with Crippen LogP contribution in [0.25, 0.3) is 0 Å². The fraction of sp³-hybridized carbons (Fsp3) is 0.562. The van der Waals surface area contributed by atoms with Gasteiger partial charge in [-0.25, -0.2) is 0 Å². The van der Waals surface area contributed by atoms with Crippen molar-refractivity contribution in [2.45, 2.75) is 38.6 Å². The molecule has 1 amide bonds. The zero-order valence-corrected chi connectivity index (χ0v) is 12.3. The molecule has 2 rings (SSSR count). The van der Waals surface area contributed by atoms with E-state index < -0.39 is 0 Å². The normalized spacial score (nSPS) is 19.9. The molecule has 4 nitrogen and oxygen atoms in total. The lowest BCUT2D eigenvalue weighted by atomic mass is 9.98. The van der Waals surface area contributed by atoms with E-state index in [4.69, 9.17) is 10.5 Å². The van der Waals surface area contributed by atoms with Crippen LogP contribution in [0.2, 0.25) is 0 Å². The second-order valence-electron chi connectivity index (χ2n) is 5.52. The third-order valence-electron chi connectivity index (χ3n) is 3.99. The van der Waals surface area contributed by atoms with Gasteiger partial charge in [0.05, 0.1) is 0 Å². The average molecular weight is 276 g/mol. The van der Waals surface area contributed by atoms with E-state index in [0.29, 0.717) is 12.5 Å². The van der Waals surface area contributed by atoms with Crippen LogP contribution >= 0.6 is 0 Å². The molecule has 0 bridgehead atoms. The average Bonchev–Trinajstić information content (AvgIpc) is 2.91. The van der Waals surface area contributed by atoms with E-state index >= 15 is 0 Å². The van der Waals surface area contributed by atoms with Gasteiger partial charge in [-0.05, 0) is 30.4 Å². The van der Waals surface area contributed by atoms with Crippen LogP contribution in [0.3, 0.4) is 0 Å². The second kappa shape index (κ2) is 6.75. The van der Waals surface area contributed by atoms with Crippen LogP contribution in [0.4, 0.5) is 0 Å². The molecule has 0 spiro atoms. The first-order chi connectivity index (χ1) is 9.61. The number of carbonyl (C=O) groups is 1. The molecule has 2 N–H and O–H groups in total. The highest BCUT2D eigenvalue weighted by Crippen LogP contribution is 2.28. The Morgan fingerprint density at radius 2 is 2.25 bits per heavy atom. The first-order valence-corrected chi connectivity index (χ1v) is 7.37. The highest BCUT2D eigenvalue weighted by atomic mass is 16.5. The maximum Gasteiger partial charge on any atom is 0.260 e. The Labute approximate surface area is 120 Å². The molecule has 2 unspecified atom stereocenters.